The quantitative estimate of drug-likeness (QED) is 0.632. The Balaban J connectivity index is 2.01. The molecule has 21 heavy (non-hydrogen) atoms. The van der Waals surface area contributed by atoms with Crippen molar-refractivity contribution in [3.63, 3.8) is 0 Å². The lowest BCUT2D eigenvalue weighted by Crippen LogP contribution is -2.36. The summed E-state index contributed by atoms with van der Waals surface area (Å²) in [5.74, 6) is -0.0704. The highest BCUT2D eigenvalue weighted by atomic mass is 19.1. The topological polar surface area (TPSA) is 55.2 Å². The highest BCUT2D eigenvalue weighted by Crippen LogP contribution is 2.28. The number of nitro groups is 1. The first kappa shape index (κ1) is 15.9. The third kappa shape index (κ3) is 4.00. The van der Waals surface area contributed by atoms with E-state index in [1.54, 1.807) is 12.1 Å². The molecule has 0 aromatic heterocycles. The number of rotatable bonds is 6. The van der Waals surface area contributed by atoms with Crippen LogP contribution in [0.4, 0.5) is 10.1 Å². The molecule has 0 spiro atoms. The Labute approximate surface area is 124 Å². The van der Waals surface area contributed by atoms with Crippen molar-refractivity contribution in [2.45, 2.75) is 58.0 Å². The molecule has 1 aromatic rings. The summed E-state index contributed by atoms with van der Waals surface area (Å²) in [5.41, 5.74) is -0.0709. The number of nitrogens with one attached hydrogen (secondary N) is 1. The van der Waals surface area contributed by atoms with Gasteiger partial charge in [-0.15, -0.1) is 0 Å². The summed E-state index contributed by atoms with van der Waals surface area (Å²) < 4.78 is 14.0. The van der Waals surface area contributed by atoms with E-state index in [9.17, 15) is 14.5 Å². The fourth-order valence-electron chi connectivity index (χ4n) is 3.27. The highest BCUT2D eigenvalue weighted by molar-refractivity contribution is 5.36. The lowest BCUT2D eigenvalue weighted by atomic mass is 9.83. The van der Waals surface area contributed by atoms with E-state index < -0.39 is 16.4 Å². The minimum absolute atomic E-state index is 0.350. The second-order valence-electron chi connectivity index (χ2n) is 5.80. The minimum Gasteiger partial charge on any atom is -0.310 e. The van der Waals surface area contributed by atoms with E-state index in [-0.39, 0.29) is 0 Å². The second-order valence-corrected chi connectivity index (χ2v) is 5.80. The Kier molecular flexibility index (Phi) is 5.67. The fourth-order valence-corrected chi connectivity index (χ4v) is 3.27. The Morgan fingerprint density at radius 1 is 1.38 bits per heavy atom. The van der Waals surface area contributed by atoms with E-state index >= 15 is 0 Å². The van der Waals surface area contributed by atoms with Gasteiger partial charge in [0.05, 0.1) is 4.92 Å². The van der Waals surface area contributed by atoms with E-state index in [1.807, 2.05) is 0 Å². The number of nitro benzene ring substituents is 1. The molecule has 0 bridgehead atoms. The van der Waals surface area contributed by atoms with Crippen molar-refractivity contribution >= 4 is 5.69 Å². The second kappa shape index (κ2) is 7.50. The molecule has 4 nitrogen and oxygen atoms in total. The Hall–Kier alpha value is -1.49. The monoisotopic (exact) mass is 294 g/mol. The normalized spacial score (nSPS) is 17.6. The summed E-state index contributed by atoms with van der Waals surface area (Å²) in [4.78, 5) is 10.1. The Morgan fingerprint density at radius 3 is 2.71 bits per heavy atom. The third-order valence-electron chi connectivity index (χ3n) is 4.47. The SMILES string of the molecule is CCC(NCc1cccc([N+](=O)[O-])c1F)C1CCCCC1. The first-order valence-corrected chi connectivity index (χ1v) is 7.78. The molecule has 0 aliphatic heterocycles. The molecule has 0 amide bonds. The summed E-state index contributed by atoms with van der Waals surface area (Å²) in [6.45, 7) is 2.48. The summed E-state index contributed by atoms with van der Waals surface area (Å²) in [7, 11) is 0. The zero-order valence-electron chi connectivity index (χ0n) is 12.5. The van der Waals surface area contributed by atoms with Crippen LogP contribution >= 0.6 is 0 Å². The number of hydrogen-bond acceptors (Lipinski definition) is 3. The highest BCUT2D eigenvalue weighted by Gasteiger charge is 2.23. The first-order valence-electron chi connectivity index (χ1n) is 7.78. The van der Waals surface area contributed by atoms with Crippen molar-refractivity contribution in [2.24, 2.45) is 5.92 Å². The molecule has 1 aliphatic rings. The molecular weight excluding hydrogens is 271 g/mol. The van der Waals surface area contributed by atoms with Gasteiger partial charge in [0.15, 0.2) is 0 Å². The van der Waals surface area contributed by atoms with Gasteiger partial charge in [0.2, 0.25) is 5.82 Å². The van der Waals surface area contributed by atoms with Crippen LogP contribution in [0.5, 0.6) is 0 Å². The molecule has 1 saturated carbocycles. The van der Waals surface area contributed by atoms with Crippen LogP contribution in [0.15, 0.2) is 18.2 Å². The van der Waals surface area contributed by atoms with Gasteiger partial charge in [0.25, 0.3) is 0 Å². The third-order valence-corrected chi connectivity index (χ3v) is 4.47. The number of hydrogen-bond donors (Lipinski definition) is 1. The molecule has 1 unspecified atom stereocenters. The number of nitrogens with zero attached hydrogens (tertiary/aromatic N) is 1. The predicted molar refractivity (Wildman–Crippen MR) is 80.5 cm³/mol. The molecule has 1 N–H and O–H groups in total. The molecule has 116 valence electrons. The largest absolute Gasteiger partial charge is 0.310 e. The van der Waals surface area contributed by atoms with Crippen molar-refractivity contribution < 1.29 is 9.31 Å². The minimum atomic E-state index is -0.714. The van der Waals surface area contributed by atoms with Crippen LogP contribution in [0.3, 0.4) is 0 Å². The van der Waals surface area contributed by atoms with Crippen molar-refractivity contribution in [3.05, 3.63) is 39.7 Å². The van der Waals surface area contributed by atoms with Gasteiger partial charge >= 0.3 is 5.69 Å². The fraction of sp³-hybridized carbons (Fsp3) is 0.625. The van der Waals surface area contributed by atoms with Crippen molar-refractivity contribution in [1.82, 2.24) is 5.32 Å². The molecule has 0 saturated heterocycles. The average Bonchev–Trinajstić information content (AvgIpc) is 2.50. The average molecular weight is 294 g/mol. The van der Waals surface area contributed by atoms with Gasteiger partial charge in [0, 0.05) is 24.2 Å². The van der Waals surface area contributed by atoms with Crippen molar-refractivity contribution in [2.75, 3.05) is 0 Å². The van der Waals surface area contributed by atoms with Gasteiger partial charge in [0.1, 0.15) is 0 Å². The van der Waals surface area contributed by atoms with Gasteiger partial charge in [-0.2, -0.15) is 4.39 Å². The maximum Gasteiger partial charge on any atom is 0.305 e. The van der Waals surface area contributed by atoms with Gasteiger partial charge in [-0.1, -0.05) is 38.3 Å². The predicted octanol–water partition coefficient (Wildman–Crippen LogP) is 4.18. The van der Waals surface area contributed by atoms with Crippen LogP contribution in [0.2, 0.25) is 0 Å². The number of halogens is 1. The van der Waals surface area contributed by atoms with Gasteiger partial charge in [-0.05, 0) is 25.2 Å². The van der Waals surface area contributed by atoms with Crippen LogP contribution in [-0.2, 0) is 6.54 Å². The lowest BCUT2D eigenvalue weighted by Gasteiger charge is -2.30. The van der Waals surface area contributed by atoms with Crippen LogP contribution in [0.1, 0.15) is 51.0 Å². The molecule has 2 rings (SSSR count). The molecule has 1 atom stereocenters. The van der Waals surface area contributed by atoms with E-state index in [2.05, 4.69) is 12.2 Å². The summed E-state index contributed by atoms with van der Waals surface area (Å²) in [5, 5.41) is 14.2. The van der Waals surface area contributed by atoms with E-state index in [1.165, 1.54) is 38.2 Å². The molecule has 1 fully saturated rings. The van der Waals surface area contributed by atoms with Crippen LogP contribution in [-0.4, -0.2) is 11.0 Å². The van der Waals surface area contributed by atoms with Crippen LogP contribution in [0, 0.1) is 21.8 Å². The Bertz CT molecular complexity index is 487. The van der Waals surface area contributed by atoms with Gasteiger partial charge < -0.3 is 5.32 Å². The lowest BCUT2D eigenvalue weighted by molar-refractivity contribution is -0.387. The zero-order valence-corrected chi connectivity index (χ0v) is 12.5. The summed E-state index contributed by atoms with van der Waals surface area (Å²) >= 11 is 0. The van der Waals surface area contributed by atoms with Gasteiger partial charge in [-0.3, -0.25) is 10.1 Å². The molecule has 0 heterocycles. The van der Waals surface area contributed by atoms with Crippen LogP contribution in [0.25, 0.3) is 0 Å². The van der Waals surface area contributed by atoms with E-state index in [0.717, 1.165) is 6.42 Å². The maximum absolute atomic E-state index is 14.0. The van der Waals surface area contributed by atoms with Gasteiger partial charge in [-0.25, -0.2) is 0 Å². The first-order chi connectivity index (χ1) is 10.1. The molecular formula is C16H23FN2O2. The molecule has 1 aromatic carbocycles. The van der Waals surface area contributed by atoms with E-state index in [0.29, 0.717) is 24.1 Å². The maximum atomic E-state index is 14.0. The smallest absolute Gasteiger partial charge is 0.305 e. The molecule has 5 heteroatoms. The zero-order chi connectivity index (χ0) is 15.2. The number of benzene rings is 1. The summed E-state index contributed by atoms with van der Waals surface area (Å²) in [6, 6.07) is 4.73. The molecule has 0 radical (unpaired) electrons. The Morgan fingerprint density at radius 2 is 2.10 bits per heavy atom. The molecule has 1 aliphatic carbocycles. The van der Waals surface area contributed by atoms with E-state index in [4.69, 9.17) is 0 Å². The van der Waals surface area contributed by atoms with Crippen molar-refractivity contribution in [1.29, 1.82) is 0 Å². The van der Waals surface area contributed by atoms with Crippen LogP contribution < -0.4 is 5.32 Å². The summed E-state index contributed by atoms with van der Waals surface area (Å²) in [6.07, 6.45) is 7.31. The van der Waals surface area contributed by atoms with Crippen molar-refractivity contribution in [3.8, 4) is 0 Å². The standard InChI is InChI=1S/C16H23FN2O2/c1-2-14(12-7-4-3-5-8-12)18-11-13-9-6-10-15(16(13)17)19(20)21/h6,9-10,12,14,18H,2-5,7-8,11H2,1H3.